The van der Waals surface area contributed by atoms with Gasteiger partial charge in [-0.2, -0.15) is 0 Å². The van der Waals surface area contributed by atoms with Crippen LogP contribution >= 0.6 is 0 Å². The molecule has 0 heterocycles. The molecule has 4 nitrogen and oxygen atoms in total. The van der Waals surface area contributed by atoms with Crippen LogP contribution in [0.5, 0.6) is 5.75 Å². The first-order valence-electron chi connectivity index (χ1n) is 6.77. The Morgan fingerprint density at radius 3 is 1.95 bits per heavy atom. The second-order valence-electron chi connectivity index (χ2n) is 4.58. The van der Waals surface area contributed by atoms with Crippen LogP contribution < -0.4 is 4.74 Å². The van der Waals surface area contributed by atoms with Crippen LogP contribution in [-0.2, 0) is 9.47 Å². The lowest BCUT2D eigenvalue weighted by Gasteiger charge is -2.10. The number of aliphatic hydroxyl groups excluding tert-OH is 1. The van der Waals surface area contributed by atoms with Gasteiger partial charge in [-0.05, 0) is 23.3 Å². The first kappa shape index (κ1) is 15.5. The highest BCUT2D eigenvalue weighted by Gasteiger charge is 2.05. The van der Waals surface area contributed by atoms with Gasteiger partial charge >= 0.3 is 0 Å². The first-order chi connectivity index (χ1) is 10.2. The van der Waals surface area contributed by atoms with Crippen molar-refractivity contribution in [1.82, 2.24) is 0 Å². The number of aliphatic hydroxyl groups is 1. The minimum absolute atomic E-state index is 0.541. The fraction of sp³-hybridized carbons (Fsp3) is 0.294. The molecule has 0 aliphatic heterocycles. The van der Waals surface area contributed by atoms with Crippen LogP contribution in [0.2, 0.25) is 0 Å². The van der Waals surface area contributed by atoms with Crippen LogP contribution in [0.15, 0.2) is 48.5 Å². The van der Waals surface area contributed by atoms with E-state index in [4.69, 9.17) is 14.2 Å². The quantitative estimate of drug-likeness (QED) is 0.628. The summed E-state index contributed by atoms with van der Waals surface area (Å²) in [6, 6.07) is 15.5. The van der Waals surface area contributed by atoms with Gasteiger partial charge < -0.3 is 19.3 Å². The van der Waals surface area contributed by atoms with Crippen molar-refractivity contribution in [3.05, 3.63) is 54.1 Å². The maximum absolute atomic E-state index is 9.58. The third-order valence-corrected chi connectivity index (χ3v) is 3.16. The van der Waals surface area contributed by atoms with Crippen molar-refractivity contribution in [1.29, 1.82) is 0 Å². The van der Waals surface area contributed by atoms with E-state index in [1.807, 2.05) is 48.5 Å². The maximum atomic E-state index is 9.58. The van der Waals surface area contributed by atoms with E-state index < -0.39 is 6.29 Å². The Balaban J connectivity index is 2.04. The summed E-state index contributed by atoms with van der Waals surface area (Å²) < 4.78 is 15.3. The second kappa shape index (κ2) is 7.78. The third kappa shape index (κ3) is 4.29. The summed E-state index contributed by atoms with van der Waals surface area (Å²) >= 11 is 0. The van der Waals surface area contributed by atoms with E-state index in [-0.39, 0.29) is 0 Å². The van der Waals surface area contributed by atoms with Gasteiger partial charge in [0.05, 0.1) is 6.61 Å². The van der Waals surface area contributed by atoms with Crippen molar-refractivity contribution in [2.75, 3.05) is 27.4 Å². The molecule has 2 aromatic carbocycles. The molecule has 0 saturated heterocycles. The number of ether oxygens (including phenoxy) is 3. The van der Waals surface area contributed by atoms with Gasteiger partial charge in [0.25, 0.3) is 0 Å². The molecule has 1 N–H and O–H groups in total. The molecule has 1 unspecified atom stereocenters. The molecule has 0 amide bonds. The van der Waals surface area contributed by atoms with Crippen LogP contribution in [0.25, 0.3) is 11.1 Å². The van der Waals surface area contributed by atoms with Gasteiger partial charge in [-0.1, -0.05) is 36.4 Å². The molecule has 4 heteroatoms. The predicted octanol–water partition coefficient (Wildman–Crippen LogP) is 3.02. The fourth-order valence-corrected chi connectivity index (χ4v) is 1.96. The number of hydrogen-bond acceptors (Lipinski definition) is 4. The fourth-order valence-electron chi connectivity index (χ4n) is 1.96. The van der Waals surface area contributed by atoms with E-state index in [1.165, 1.54) is 7.11 Å². The van der Waals surface area contributed by atoms with Gasteiger partial charge in [-0.25, -0.2) is 0 Å². The van der Waals surface area contributed by atoms with Crippen LogP contribution in [-0.4, -0.2) is 32.5 Å². The monoisotopic (exact) mass is 288 g/mol. The third-order valence-electron chi connectivity index (χ3n) is 3.16. The van der Waals surface area contributed by atoms with E-state index in [9.17, 15) is 5.11 Å². The standard InChI is InChI=1S/C17H20O4/c1-19-11-12-21-16-9-7-14(8-10-16)13-3-5-15(6-4-13)17(18)20-2/h3-10,17-18H,11-12H2,1-2H3. The SMILES string of the molecule is COCCOc1ccc(-c2ccc(C(O)OC)cc2)cc1. The summed E-state index contributed by atoms with van der Waals surface area (Å²) in [4.78, 5) is 0. The van der Waals surface area contributed by atoms with E-state index in [2.05, 4.69) is 0 Å². The van der Waals surface area contributed by atoms with Gasteiger partial charge in [0.2, 0.25) is 0 Å². The van der Waals surface area contributed by atoms with E-state index in [0.29, 0.717) is 13.2 Å². The summed E-state index contributed by atoms with van der Waals surface area (Å²) in [6.07, 6.45) is -0.879. The number of rotatable bonds is 7. The average molecular weight is 288 g/mol. The minimum Gasteiger partial charge on any atom is -0.491 e. The Hall–Kier alpha value is -1.88. The van der Waals surface area contributed by atoms with Crippen LogP contribution in [0, 0.1) is 0 Å². The smallest absolute Gasteiger partial charge is 0.180 e. The van der Waals surface area contributed by atoms with Crippen LogP contribution in [0.3, 0.4) is 0 Å². The summed E-state index contributed by atoms with van der Waals surface area (Å²) in [5.74, 6) is 0.822. The topological polar surface area (TPSA) is 47.9 Å². The normalized spacial score (nSPS) is 12.1. The van der Waals surface area contributed by atoms with Crippen molar-refractivity contribution in [3.63, 3.8) is 0 Å². The molecule has 0 saturated carbocycles. The molecule has 0 fully saturated rings. The Labute approximate surface area is 124 Å². The van der Waals surface area contributed by atoms with Crippen molar-refractivity contribution in [2.45, 2.75) is 6.29 Å². The first-order valence-corrected chi connectivity index (χ1v) is 6.77. The summed E-state index contributed by atoms with van der Waals surface area (Å²) in [7, 11) is 3.12. The van der Waals surface area contributed by atoms with Crippen LogP contribution in [0.4, 0.5) is 0 Å². The zero-order valence-corrected chi connectivity index (χ0v) is 12.3. The van der Waals surface area contributed by atoms with Crippen molar-refractivity contribution >= 4 is 0 Å². The average Bonchev–Trinajstić information content (AvgIpc) is 2.55. The largest absolute Gasteiger partial charge is 0.491 e. The summed E-state index contributed by atoms with van der Waals surface area (Å²) in [5.41, 5.74) is 2.90. The van der Waals surface area contributed by atoms with Crippen LogP contribution in [0.1, 0.15) is 11.9 Å². The Morgan fingerprint density at radius 2 is 1.43 bits per heavy atom. The molecule has 0 radical (unpaired) electrons. The number of methoxy groups -OCH3 is 2. The highest BCUT2D eigenvalue weighted by atomic mass is 16.6. The molecular weight excluding hydrogens is 268 g/mol. The lowest BCUT2D eigenvalue weighted by molar-refractivity contribution is -0.0769. The molecule has 112 valence electrons. The molecule has 2 aromatic rings. The van der Waals surface area contributed by atoms with Gasteiger partial charge in [0.1, 0.15) is 12.4 Å². The zero-order valence-electron chi connectivity index (χ0n) is 12.3. The van der Waals surface area contributed by atoms with Gasteiger partial charge in [-0.15, -0.1) is 0 Å². The van der Waals surface area contributed by atoms with Gasteiger partial charge in [-0.3, -0.25) is 0 Å². The lowest BCUT2D eigenvalue weighted by atomic mass is 10.0. The van der Waals surface area contributed by atoms with Crippen molar-refractivity contribution in [2.24, 2.45) is 0 Å². The minimum atomic E-state index is -0.879. The summed E-state index contributed by atoms with van der Waals surface area (Å²) in [6.45, 7) is 1.12. The molecule has 21 heavy (non-hydrogen) atoms. The number of benzene rings is 2. The molecule has 0 aromatic heterocycles. The van der Waals surface area contributed by atoms with Crippen molar-refractivity contribution < 1.29 is 19.3 Å². The Kier molecular flexibility index (Phi) is 5.75. The molecule has 0 aliphatic rings. The van der Waals surface area contributed by atoms with Crippen molar-refractivity contribution in [3.8, 4) is 16.9 Å². The molecule has 2 rings (SSSR count). The maximum Gasteiger partial charge on any atom is 0.180 e. The predicted molar refractivity (Wildman–Crippen MR) is 81.2 cm³/mol. The highest BCUT2D eigenvalue weighted by molar-refractivity contribution is 5.64. The zero-order chi connectivity index (χ0) is 15.1. The molecule has 1 atom stereocenters. The Bertz CT molecular complexity index is 534. The lowest BCUT2D eigenvalue weighted by Crippen LogP contribution is -2.03. The highest BCUT2D eigenvalue weighted by Crippen LogP contribution is 2.24. The second-order valence-corrected chi connectivity index (χ2v) is 4.58. The summed E-state index contributed by atoms with van der Waals surface area (Å²) in [5, 5.41) is 9.58. The van der Waals surface area contributed by atoms with E-state index >= 15 is 0 Å². The van der Waals surface area contributed by atoms with Gasteiger partial charge in [0.15, 0.2) is 6.29 Å². The van der Waals surface area contributed by atoms with E-state index in [0.717, 1.165) is 22.4 Å². The Morgan fingerprint density at radius 1 is 0.857 bits per heavy atom. The van der Waals surface area contributed by atoms with Gasteiger partial charge in [0, 0.05) is 19.8 Å². The molecule has 0 spiro atoms. The van der Waals surface area contributed by atoms with E-state index in [1.54, 1.807) is 7.11 Å². The molecule has 0 bridgehead atoms. The number of hydrogen-bond donors (Lipinski definition) is 1. The molecular formula is C17H20O4. The molecule has 0 aliphatic carbocycles.